The van der Waals surface area contributed by atoms with Crippen LogP contribution in [0.5, 0.6) is 5.75 Å². The summed E-state index contributed by atoms with van der Waals surface area (Å²) >= 11 is 0. The summed E-state index contributed by atoms with van der Waals surface area (Å²) in [5, 5.41) is 0. The van der Waals surface area contributed by atoms with Crippen LogP contribution in [-0.2, 0) is 19.5 Å². The highest BCUT2D eigenvalue weighted by molar-refractivity contribution is 7.89. The maximum atomic E-state index is 14.2. The molecule has 0 amide bonds. The van der Waals surface area contributed by atoms with Gasteiger partial charge in [-0.05, 0) is 30.3 Å². The van der Waals surface area contributed by atoms with Crippen LogP contribution < -0.4 is 4.74 Å². The molecule has 2 aromatic rings. The van der Waals surface area contributed by atoms with Crippen molar-refractivity contribution in [3.63, 3.8) is 0 Å². The van der Waals surface area contributed by atoms with Crippen LogP contribution in [0.3, 0.4) is 0 Å². The fourth-order valence-corrected chi connectivity index (χ4v) is 4.35. The van der Waals surface area contributed by atoms with Crippen molar-refractivity contribution in [3.05, 3.63) is 59.4 Å². The number of sulfonamides is 1. The molecule has 1 heterocycles. The highest BCUT2D eigenvalue weighted by atomic mass is 32.2. The summed E-state index contributed by atoms with van der Waals surface area (Å²) in [6, 6.07) is 9.26. The summed E-state index contributed by atoms with van der Waals surface area (Å²) in [7, 11) is -2.53. The number of benzene rings is 2. The van der Waals surface area contributed by atoms with E-state index in [2.05, 4.69) is 0 Å². The summed E-state index contributed by atoms with van der Waals surface area (Å²) in [4.78, 5) is 24.4. The van der Waals surface area contributed by atoms with Crippen LogP contribution >= 0.6 is 0 Å². The molecule has 3 rings (SSSR count). The van der Waals surface area contributed by atoms with Crippen LogP contribution in [0.1, 0.15) is 20.7 Å². The number of rotatable bonds is 7. The first-order valence-electron chi connectivity index (χ1n) is 9.05. The molecular weight excluding hydrogens is 417 g/mol. The van der Waals surface area contributed by atoms with E-state index in [0.717, 1.165) is 18.2 Å². The average Bonchev–Trinajstić information content (AvgIpc) is 2.77. The van der Waals surface area contributed by atoms with E-state index in [1.165, 1.54) is 17.5 Å². The minimum atomic E-state index is -3.92. The molecule has 1 aliphatic rings. The van der Waals surface area contributed by atoms with E-state index in [1.54, 1.807) is 18.2 Å². The van der Waals surface area contributed by atoms with Crippen LogP contribution in [-0.4, -0.2) is 64.5 Å². The van der Waals surface area contributed by atoms with Gasteiger partial charge < -0.3 is 14.2 Å². The standard InChI is InChI=1S/C20H20FNO7S/c1-27-19-5-3-2-4-15(19)18(23)13-29-20(24)16-12-14(6-7-17(16)21)30(25,26)22-8-10-28-11-9-22/h2-7,12H,8-11,13H2,1H3. The first kappa shape index (κ1) is 21.9. The van der Waals surface area contributed by atoms with Gasteiger partial charge in [0.2, 0.25) is 15.8 Å². The fraction of sp³-hybridized carbons (Fsp3) is 0.300. The van der Waals surface area contributed by atoms with Crippen molar-refractivity contribution in [1.29, 1.82) is 0 Å². The molecule has 0 spiro atoms. The van der Waals surface area contributed by atoms with E-state index >= 15 is 0 Å². The second-order valence-corrected chi connectivity index (χ2v) is 8.30. The largest absolute Gasteiger partial charge is 0.496 e. The number of esters is 1. The Kier molecular flexibility index (Phi) is 6.80. The molecule has 0 radical (unpaired) electrons. The Morgan fingerprint density at radius 1 is 1.10 bits per heavy atom. The molecule has 0 bridgehead atoms. The third kappa shape index (κ3) is 4.66. The lowest BCUT2D eigenvalue weighted by Gasteiger charge is -2.26. The number of ketones is 1. The number of para-hydroxylation sites is 1. The first-order chi connectivity index (χ1) is 14.3. The SMILES string of the molecule is COc1ccccc1C(=O)COC(=O)c1cc(S(=O)(=O)N2CCOCC2)ccc1F. The number of nitrogens with zero attached hydrogens (tertiary/aromatic N) is 1. The van der Waals surface area contributed by atoms with Gasteiger partial charge in [0.25, 0.3) is 0 Å². The number of carbonyl (C=O) groups is 2. The third-order valence-electron chi connectivity index (χ3n) is 4.51. The maximum absolute atomic E-state index is 14.2. The molecule has 1 aliphatic heterocycles. The van der Waals surface area contributed by atoms with Crippen molar-refractivity contribution >= 4 is 21.8 Å². The number of ether oxygens (including phenoxy) is 3. The summed E-state index contributed by atoms with van der Waals surface area (Å²) in [5.74, 6) is -2.33. The molecule has 30 heavy (non-hydrogen) atoms. The van der Waals surface area contributed by atoms with Gasteiger partial charge in [0.1, 0.15) is 11.6 Å². The molecule has 1 saturated heterocycles. The molecule has 0 saturated carbocycles. The molecule has 1 fully saturated rings. The molecule has 0 atom stereocenters. The number of methoxy groups -OCH3 is 1. The van der Waals surface area contributed by atoms with Crippen LogP contribution in [0.2, 0.25) is 0 Å². The Labute approximate surface area is 173 Å². The molecule has 8 nitrogen and oxygen atoms in total. The lowest BCUT2D eigenvalue weighted by Crippen LogP contribution is -2.40. The topological polar surface area (TPSA) is 99.2 Å². The van der Waals surface area contributed by atoms with Crippen LogP contribution in [0, 0.1) is 5.82 Å². The van der Waals surface area contributed by atoms with Crippen LogP contribution in [0.15, 0.2) is 47.4 Å². The summed E-state index contributed by atoms with van der Waals surface area (Å²) in [6.45, 7) is 0.166. The van der Waals surface area contributed by atoms with Gasteiger partial charge in [0, 0.05) is 13.1 Å². The van der Waals surface area contributed by atoms with Gasteiger partial charge in [-0.15, -0.1) is 0 Å². The lowest BCUT2D eigenvalue weighted by molar-refractivity contribution is 0.0469. The van der Waals surface area contributed by atoms with E-state index in [9.17, 15) is 22.4 Å². The number of halogens is 1. The van der Waals surface area contributed by atoms with Gasteiger partial charge >= 0.3 is 5.97 Å². The predicted octanol–water partition coefficient (Wildman–Crippen LogP) is 1.89. The molecule has 10 heteroatoms. The molecule has 0 unspecified atom stereocenters. The minimum Gasteiger partial charge on any atom is -0.496 e. The van der Waals surface area contributed by atoms with Crippen molar-refractivity contribution in [2.45, 2.75) is 4.90 Å². The van der Waals surface area contributed by atoms with Gasteiger partial charge in [-0.25, -0.2) is 17.6 Å². The van der Waals surface area contributed by atoms with Crippen molar-refractivity contribution in [2.75, 3.05) is 40.0 Å². The third-order valence-corrected chi connectivity index (χ3v) is 6.40. The Morgan fingerprint density at radius 2 is 1.80 bits per heavy atom. The van der Waals surface area contributed by atoms with Gasteiger partial charge in [-0.2, -0.15) is 4.31 Å². The predicted molar refractivity (Wildman–Crippen MR) is 104 cm³/mol. The van der Waals surface area contributed by atoms with E-state index in [-0.39, 0.29) is 36.8 Å². The van der Waals surface area contributed by atoms with Gasteiger partial charge in [-0.1, -0.05) is 12.1 Å². The Morgan fingerprint density at radius 3 is 2.50 bits per heavy atom. The highest BCUT2D eigenvalue weighted by Gasteiger charge is 2.28. The van der Waals surface area contributed by atoms with Gasteiger partial charge in [0.05, 0.1) is 36.3 Å². The van der Waals surface area contributed by atoms with E-state index < -0.39 is 39.8 Å². The summed E-state index contributed by atoms with van der Waals surface area (Å²) in [6.07, 6.45) is 0. The number of hydrogen-bond donors (Lipinski definition) is 0. The smallest absolute Gasteiger partial charge is 0.341 e. The number of Topliss-reactive ketones (excluding diaryl/α,β-unsaturated/α-hetero) is 1. The molecule has 0 aliphatic carbocycles. The highest BCUT2D eigenvalue weighted by Crippen LogP contribution is 2.22. The normalized spacial score (nSPS) is 14.9. The number of carbonyl (C=O) groups excluding carboxylic acids is 2. The van der Waals surface area contributed by atoms with Crippen LogP contribution in [0.4, 0.5) is 4.39 Å². The van der Waals surface area contributed by atoms with Crippen molar-refractivity contribution < 1.29 is 36.6 Å². The molecule has 0 aromatic heterocycles. The zero-order valence-corrected chi connectivity index (χ0v) is 17.0. The van der Waals surface area contributed by atoms with E-state index in [1.807, 2.05) is 0 Å². The van der Waals surface area contributed by atoms with Gasteiger partial charge in [-0.3, -0.25) is 4.79 Å². The molecule has 0 N–H and O–H groups in total. The Balaban J connectivity index is 1.76. The second kappa shape index (κ2) is 9.33. The fourth-order valence-electron chi connectivity index (χ4n) is 2.92. The number of morpholine rings is 1. The zero-order chi connectivity index (χ0) is 21.7. The van der Waals surface area contributed by atoms with Crippen molar-refractivity contribution in [3.8, 4) is 5.75 Å². The van der Waals surface area contributed by atoms with E-state index in [4.69, 9.17) is 14.2 Å². The van der Waals surface area contributed by atoms with E-state index in [0.29, 0.717) is 5.75 Å². The molecular formula is C20H20FNO7S. The Bertz CT molecular complexity index is 1050. The lowest BCUT2D eigenvalue weighted by atomic mass is 10.1. The monoisotopic (exact) mass is 437 g/mol. The summed E-state index contributed by atoms with van der Waals surface area (Å²) < 4.78 is 56.0. The quantitative estimate of drug-likeness (QED) is 0.482. The maximum Gasteiger partial charge on any atom is 0.341 e. The van der Waals surface area contributed by atoms with Crippen molar-refractivity contribution in [2.24, 2.45) is 0 Å². The minimum absolute atomic E-state index is 0.160. The second-order valence-electron chi connectivity index (χ2n) is 6.36. The number of hydrogen-bond acceptors (Lipinski definition) is 7. The average molecular weight is 437 g/mol. The van der Waals surface area contributed by atoms with Gasteiger partial charge in [0.15, 0.2) is 6.61 Å². The Hall–Kier alpha value is -2.82. The summed E-state index contributed by atoms with van der Waals surface area (Å²) in [5.41, 5.74) is -0.367. The zero-order valence-electron chi connectivity index (χ0n) is 16.2. The molecule has 2 aromatic carbocycles. The van der Waals surface area contributed by atoms with Crippen LogP contribution in [0.25, 0.3) is 0 Å². The van der Waals surface area contributed by atoms with Crippen molar-refractivity contribution in [1.82, 2.24) is 4.31 Å². The molecule has 160 valence electrons. The first-order valence-corrected chi connectivity index (χ1v) is 10.5.